The molecule has 3 rings (SSSR count). The van der Waals surface area contributed by atoms with Gasteiger partial charge in [0.25, 0.3) is 5.56 Å². The molecule has 0 aliphatic rings. The molecule has 9 heteroatoms. The number of unbranched alkanes of at least 4 members (excludes halogenated alkanes) is 1. The van der Waals surface area contributed by atoms with Crippen molar-refractivity contribution in [2.45, 2.75) is 46.4 Å². The molecule has 0 aliphatic heterocycles. The Bertz CT molecular complexity index is 1200. The molecule has 3 aromatic rings. The maximum Gasteiger partial charge on any atom is 0.338 e. The summed E-state index contributed by atoms with van der Waals surface area (Å²) in [6.45, 7) is 4.56. The smallest absolute Gasteiger partial charge is 0.338 e. The minimum absolute atomic E-state index is 0.150. The Morgan fingerprint density at radius 1 is 1.21 bits per heavy atom. The number of aromatic amines is 1. The van der Waals surface area contributed by atoms with E-state index in [9.17, 15) is 14.4 Å². The molecule has 0 aliphatic carbocycles. The number of esters is 1. The van der Waals surface area contributed by atoms with Crippen molar-refractivity contribution in [1.82, 2.24) is 19.1 Å². The molecule has 0 unspecified atom stereocenters. The average Bonchev–Trinajstić information content (AvgIpc) is 3.10. The van der Waals surface area contributed by atoms with E-state index in [4.69, 9.17) is 10.00 Å². The number of aryl methyl sites for hydroxylation is 2. The first-order chi connectivity index (χ1) is 14.0. The Labute approximate surface area is 166 Å². The zero-order valence-electron chi connectivity index (χ0n) is 16.3. The molecule has 2 heterocycles. The van der Waals surface area contributed by atoms with Gasteiger partial charge in [-0.25, -0.2) is 14.6 Å². The molecule has 29 heavy (non-hydrogen) atoms. The number of imidazole rings is 1. The number of rotatable bonds is 7. The number of aromatic nitrogens is 4. The number of nitriles is 1. The van der Waals surface area contributed by atoms with Gasteiger partial charge in [-0.15, -0.1) is 0 Å². The first-order valence-corrected chi connectivity index (χ1v) is 9.39. The van der Waals surface area contributed by atoms with Gasteiger partial charge in [0.15, 0.2) is 11.2 Å². The van der Waals surface area contributed by atoms with Crippen molar-refractivity contribution >= 4 is 17.1 Å². The summed E-state index contributed by atoms with van der Waals surface area (Å²) in [6, 6.07) is 8.07. The maximum atomic E-state index is 12.4. The van der Waals surface area contributed by atoms with E-state index in [1.54, 1.807) is 4.57 Å². The molecule has 1 N–H and O–H groups in total. The van der Waals surface area contributed by atoms with Gasteiger partial charge in [-0.3, -0.25) is 14.3 Å². The fraction of sp³-hybridized carbons (Fsp3) is 0.350. The van der Waals surface area contributed by atoms with Gasteiger partial charge in [0.05, 0.1) is 17.2 Å². The molecule has 1 aromatic carbocycles. The third-order valence-electron chi connectivity index (χ3n) is 4.60. The summed E-state index contributed by atoms with van der Waals surface area (Å²) in [5, 5.41) is 8.83. The summed E-state index contributed by atoms with van der Waals surface area (Å²) >= 11 is 0. The normalized spacial score (nSPS) is 10.8. The predicted octanol–water partition coefficient (Wildman–Crippen LogP) is 1.93. The second-order valence-electron chi connectivity index (χ2n) is 6.47. The topological polar surface area (TPSA) is 123 Å². The van der Waals surface area contributed by atoms with Gasteiger partial charge in [-0.1, -0.05) is 13.3 Å². The van der Waals surface area contributed by atoms with E-state index in [1.165, 1.54) is 28.8 Å². The minimum Gasteiger partial charge on any atom is -0.454 e. The number of ether oxygens (including phenoxy) is 1. The van der Waals surface area contributed by atoms with Gasteiger partial charge in [0.1, 0.15) is 12.4 Å². The van der Waals surface area contributed by atoms with E-state index < -0.39 is 17.2 Å². The largest absolute Gasteiger partial charge is 0.454 e. The van der Waals surface area contributed by atoms with Crippen molar-refractivity contribution in [3.63, 3.8) is 0 Å². The highest BCUT2D eigenvalue weighted by Gasteiger charge is 2.19. The first kappa shape index (κ1) is 20.1. The molecule has 0 saturated carbocycles. The second-order valence-corrected chi connectivity index (χ2v) is 6.47. The average molecular weight is 395 g/mol. The number of benzene rings is 1. The molecule has 0 amide bonds. The predicted molar refractivity (Wildman–Crippen MR) is 105 cm³/mol. The SMILES string of the molecule is CCCCn1c(=O)[nH]c(=O)c2c1nc(COC(=O)c1ccc(C#N)cc1)n2CC. The fourth-order valence-corrected chi connectivity index (χ4v) is 3.09. The molecular formula is C20H21N5O4. The molecule has 2 aromatic heterocycles. The molecule has 150 valence electrons. The highest BCUT2D eigenvalue weighted by atomic mass is 16.5. The standard InChI is InChI=1S/C20H21N5O4/c1-3-5-10-25-17-16(18(26)23-20(25)28)24(4-2)15(22-17)12-29-19(27)14-8-6-13(11-21)7-9-14/h6-9H,3-5,10,12H2,1-2H3,(H,23,26,28). The van der Waals surface area contributed by atoms with Crippen LogP contribution in [0.2, 0.25) is 0 Å². The van der Waals surface area contributed by atoms with E-state index in [2.05, 4.69) is 9.97 Å². The number of nitrogens with zero attached hydrogens (tertiary/aromatic N) is 4. The third-order valence-corrected chi connectivity index (χ3v) is 4.60. The number of carbonyl (C=O) groups excluding carboxylic acids is 1. The van der Waals surface area contributed by atoms with Crippen molar-refractivity contribution in [2.75, 3.05) is 0 Å². The van der Waals surface area contributed by atoms with E-state index in [1.807, 2.05) is 19.9 Å². The van der Waals surface area contributed by atoms with Crippen LogP contribution in [0.3, 0.4) is 0 Å². The number of hydrogen-bond acceptors (Lipinski definition) is 6. The first-order valence-electron chi connectivity index (χ1n) is 9.39. The Balaban J connectivity index is 1.93. The van der Waals surface area contributed by atoms with Crippen molar-refractivity contribution in [1.29, 1.82) is 5.26 Å². The van der Waals surface area contributed by atoms with E-state index >= 15 is 0 Å². The summed E-state index contributed by atoms with van der Waals surface area (Å²) in [5.74, 6) is -0.188. The molecule has 0 bridgehead atoms. The van der Waals surface area contributed by atoms with Crippen LogP contribution in [0, 0.1) is 11.3 Å². The molecule has 0 saturated heterocycles. The zero-order valence-corrected chi connectivity index (χ0v) is 16.3. The number of fused-ring (bicyclic) bond motifs is 1. The number of nitrogens with one attached hydrogen (secondary N) is 1. The van der Waals surface area contributed by atoms with Crippen LogP contribution in [0.25, 0.3) is 11.2 Å². The summed E-state index contributed by atoms with van der Waals surface area (Å²) in [4.78, 5) is 43.7. The minimum atomic E-state index is -0.568. The van der Waals surface area contributed by atoms with E-state index in [0.717, 1.165) is 12.8 Å². The Morgan fingerprint density at radius 3 is 2.55 bits per heavy atom. The van der Waals surface area contributed by atoms with Gasteiger partial charge < -0.3 is 9.30 Å². The molecule has 0 radical (unpaired) electrons. The van der Waals surface area contributed by atoms with Crippen molar-refractivity contribution < 1.29 is 9.53 Å². The van der Waals surface area contributed by atoms with Gasteiger partial charge in [-0.2, -0.15) is 5.26 Å². The summed E-state index contributed by atoms with van der Waals surface area (Å²) in [5.41, 5.74) is 0.306. The lowest BCUT2D eigenvalue weighted by molar-refractivity contribution is 0.0458. The lowest BCUT2D eigenvalue weighted by atomic mass is 10.1. The molecule has 0 spiro atoms. The van der Waals surface area contributed by atoms with Crippen LogP contribution >= 0.6 is 0 Å². The number of H-pyrrole nitrogens is 1. The number of hydrogen-bond donors (Lipinski definition) is 1. The van der Waals surface area contributed by atoms with Gasteiger partial charge in [-0.05, 0) is 37.6 Å². The number of carbonyl (C=O) groups is 1. The fourth-order valence-electron chi connectivity index (χ4n) is 3.09. The monoisotopic (exact) mass is 395 g/mol. The Kier molecular flexibility index (Phi) is 5.93. The van der Waals surface area contributed by atoms with Crippen LogP contribution in [0.1, 0.15) is 48.4 Å². The van der Waals surface area contributed by atoms with Gasteiger partial charge in [0.2, 0.25) is 0 Å². The van der Waals surface area contributed by atoms with Crippen LogP contribution < -0.4 is 11.2 Å². The summed E-state index contributed by atoms with van der Waals surface area (Å²) in [6.07, 6.45) is 1.65. The highest BCUT2D eigenvalue weighted by molar-refractivity contribution is 5.89. The summed E-state index contributed by atoms with van der Waals surface area (Å²) in [7, 11) is 0. The lowest BCUT2D eigenvalue weighted by Gasteiger charge is -2.07. The van der Waals surface area contributed by atoms with Crippen LogP contribution in [0.15, 0.2) is 33.9 Å². The van der Waals surface area contributed by atoms with Crippen molar-refractivity contribution in [2.24, 2.45) is 0 Å². The molecular weight excluding hydrogens is 374 g/mol. The highest BCUT2D eigenvalue weighted by Crippen LogP contribution is 2.14. The quantitative estimate of drug-likeness (QED) is 0.610. The van der Waals surface area contributed by atoms with Gasteiger partial charge >= 0.3 is 11.7 Å². The molecule has 9 nitrogen and oxygen atoms in total. The van der Waals surface area contributed by atoms with Crippen LogP contribution in [-0.2, 0) is 24.4 Å². The van der Waals surface area contributed by atoms with Crippen LogP contribution in [0.4, 0.5) is 0 Å². The molecule has 0 fully saturated rings. The van der Waals surface area contributed by atoms with E-state index in [-0.39, 0.29) is 12.1 Å². The molecule has 0 atom stereocenters. The van der Waals surface area contributed by atoms with Gasteiger partial charge in [0, 0.05) is 13.1 Å². The summed E-state index contributed by atoms with van der Waals surface area (Å²) < 4.78 is 8.43. The van der Waals surface area contributed by atoms with Crippen LogP contribution in [0.5, 0.6) is 0 Å². The van der Waals surface area contributed by atoms with Crippen molar-refractivity contribution in [3.05, 3.63) is 62.1 Å². The van der Waals surface area contributed by atoms with Crippen molar-refractivity contribution in [3.8, 4) is 6.07 Å². The lowest BCUT2D eigenvalue weighted by Crippen LogP contribution is -2.31. The zero-order chi connectivity index (χ0) is 21.0. The second kappa shape index (κ2) is 8.56. The van der Waals surface area contributed by atoms with E-state index in [0.29, 0.717) is 35.7 Å². The maximum absolute atomic E-state index is 12.4. The van der Waals surface area contributed by atoms with Crippen LogP contribution in [-0.4, -0.2) is 25.1 Å². The Morgan fingerprint density at radius 2 is 1.93 bits per heavy atom. The third kappa shape index (κ3) is 3.96. The Hall–Kier alpha value is -3.67.